The number of hydrogen-bond donors (Lipinski definition) is 1. The summed E-state index contributed by atoms with van der Waals surface area (Å²) in [4.78, 5) is 0. The molecule has 12 heavy (non-hydrogen) atoms. The van der Waals surface area contributed by atoms with Crippen LogP contribution in [0.3, 0.4) is 0 Å². The van der Waals surface area contributed by atoms with Crippen molar-refractivity contribution in [3.8, 4) is 0 Å². The lowest BCUT2D eigenvalue weighted by atomic mass is 10.1. The molecule has 1 aromatic carbocycles. The predicted molar refractivity (Wildman–Crippen MR) is 49.4 cm³/mol. The van der Waals surface area contributed by atoms with Crippen molar-refractivity contribution in [2.24, 2.45) is 0 Å². The highest BCUT2D eigenvalue weighted by atomic mass is 19.1. The molecule has 1 aromatic rings. The van der Waals surface area contributed by atoms with E-state index in [-0.39, 0.29) is 5.82 Å². The molecule has 0 spiro atoms. The van der Waals surface area contributed by atoms with Gasteiger partial charge in [-0.25, -0.2) is 4.39 Å². The van der Waals surface area contributed by atoms with Crippen LogP contribution in [0.2, 0.25) is 0 Å². The minimum absolute atomic E-state index is 0.218. The van der Waals surface area contributed by atoms with Gasteiger partial charge >= 0.3 is 0 Å². The standard InChI is InChI=1S/C10H12FN/c1-8(7-12-2)9-4-3-5-10(11)6-9/h3-6,12H,1,7H2,2H3. The third-order valence-electron chi connectivity index (χ3n) is 1.62. The van der Waals surface area contributed by atoms with Crippen LogP contribution in [0.1, 0.15) is 5.56 Å². The van der Waals surface area contributed by atoms with Crippen molar-refractivity contribution in [2.75, 3.05) is 13.6 Å². The third kappa shape index (κ3) is 2.17. The van der Waals surface area contributed by atoms with Crippen LogP contribution in [0, 0.1) is 5.82 Å². The first-order valence-corrected chi connectivity index (χ1v) is 3.82. The van der Waals surface area contributed by atoms with E-state index in [2.05, 4.69) is 11.9 Å². The van der Waals surface area contributed by atoms with E-state index in [1.54, 1.807) is 6.07 Å². The molecule has 0 bridgehead atoms. The van der Waals surface area contributed by atoms with Crippen molar-refractivity contribution in [3.63, 3.8) is 0 Å². The fourth-order valence-electron chi connectivity index (χ4n) is 1.02. The van der Waals surface area contributed by atoms with E-state index in [0.29, 0.717) is 6.54 Å². The Morgan fingerprint density at radius 3 is 2.92 bits per heavy atom. The number of hydrogen-bond acceptors (Lipinski definition) is 1. The smallest absolute Gasteiger partial charge is 0.123 e. The van der Waals surface area contributed by atoms with Crippen LogP contribution in [-0.2, 0) is 0 Å². The van der Waals surface area contributed by atoms with Gasteiger partial charge in [-0.2, -0.15) is 0 Å². The van der Waals surface area contributed by atoms with Crippen molar-refractivity contribution < 1.29 is 4.39 Å². The normalized spacial score (nSPS) is 9.83. The Labute approximate surface area is 71.9 Å². The van der Waals surface area contributed by atoms with Gasteiger partial charge in [-0.3, -0.25) is 0 Å². The van der Waals surface area contributed by atoms with E-state index in [1.165, 1.54) is 12.1 Å². The number of likely N-dealkylation sites (N-methyl/N-ethyl adjacent to an activating group) is 1. The Morgan fingerprint density at radius 2 is 2.33 bits per heavy atom. The molecular formula is C10H12FN. The lowest BCUT2D eigenvalue weighted by Crippen LogP contribution is -2.08. The van der Waals surface area contributed by atoms with Crippen molar-refractivity contribution in [1.29, 1.82) is 0 Å². The van der Waals surface area contributed by atoms with E-state index in [0.717, 1.165) is 11.1 Å². The second kappa shape index (κ2) is 4.02. The van der Waals surface area contributed by atoms with Gasteiger partial charge in [0.15, 0.2) is 0 Å². The van der Waals surface area contributed by atoms with Crippen LogP contribution in [0.4, 0.5) is 4.39 Å². The van der Waals surface area contributed by atoms with Crippen LogP contribution < -0.4 is 5.32 Å². The maximum atomic E-state index is 12.7. The monoisotopic (exact) mass is 165 g/mol. The Bertz CT molecular complexity index is 281. The molecule has 0 saturated heterocycles. The van der Waals surface area contributed by atoms with Crippen LogP contribution >= 0.6 is 0 Å². The number of halogens is 1. The van der Waals surface area contributed by atoms with Gasteiger partial charge in [0, 0.05) is 6.54 Å². The molecule has 0 atom stereocenters. The third-order valence-corrected chi connectivity index (χ3v) is 1.62. The number of nitrogens with one attached hydrogen (secondary N) is 1. The maximum absolute atomic E-state index is 12.7. The van der Waals surface area contributed by atoms with Gasteiger partial charge in [-0.05, 0) is 30.3 Å². The van der Waals surface area contributed by atoms with Crippen molar-refractivity contribution in [1.82, 2.24) is 5.32 Å². The van der Waals surface area contributed by atoms with E-state index in [4.69, 9.17) is 0 Å². The molecule has 1 rings (SSSR count). The zero-order valence-electron chi connectivity index (χ0n) is 7.10. The summed E-state index contributed by atoms with van der Waals surface area (Å²) in [6.45, 7) is 4.51. The second-order valence-corrected chi connectivity index (χ2v) is 2.64. The van der Waals surface area contributed by atoms with Crippen LogP contribution in [0.25, 0.3) is 5.57 Å². The highest BCUT2D eigenvalue weighted by molar-refractivity contribution is 5.64. The molecule has 0 heterocycles. The Balaban J connectivity index is 2.81. The van der Waals surface area contributed by atoms with E-state index < -0.39 is 0 Å². The molecule has 0 fully saturated rings. The Kier molecular flexibility index (Phi) is 3.00. The first kappa shape index (κ1) is 8.94. The van der Waals surface area contributed by atoms with E-state index >= 15 is 0 Å². The lowest BCUT2D eigenvalue weighted by Gasteiger charge is -2.04. The fourth-order valence-corrected chi connectivity index (χ4v) is 1.02. The zero-order chi connectivity index (χ0) is 8.97. The maximum Gasteiger partial charge on any atom is 0.123 e. The first-order valence-electron chi connectivity index (χ1n) is 3.82. The van der Waals surface area contributed by atoms with Gasteiger partial charge in [0.2, 0.25) is 0 Å². The van der Waals surface area contributed by atoms with Gasteiger partial charge in [-0.1, -0.05) is 18.7 Å². The minimum atomic E-state index is -0.218. The minimum Gasteiger partial charge on any atom is -0.316 e. The van der Waals surface area contributed by atoms with Gasteiger partial charge in [0.05, 0.1) is 0 Å². The molecule has 0 aromatic heterocycles. The van der Waals surface area contributed by atoms with E-state index in [1.807, 2.05) is 13.1 Å². The topological polar surface area (TPSA) is 12.0 Å². The Hall–Kier alpha value is -1.15. The quantitative estimate of drug-likeness (QED) is 0.722. The van der Waals surface area contributed by atoms with Crippen LogP contribution in [-0.4, -0.2) is 13.6 Å². The van der Waals surface area contributed by atoms with E-state index in [9.17, 15) is 4.39 Å². The molecule has 0 amide bonds. The van der Waals surface area contributed by atoms with Crippen molar-refractivity contribution in [3.05, 3.63) is 42.2 Å². The van der Waals surface area contributed by atoms with Gasteiger partial charge < -0.3 is 5.32 Å². The summed E-state index contributed by atoms with van der Waals surface area (Å²) >= 11 is 0. The lowest BCUT2D eigenvalue weighted by molar-refractivity contribution is 0.627. The summed E-state index contributed by atoms with van der Waals surface area (Å²) in [5.41, 5.74) is 1.75. The average molecular weight is 165 g/mol. The van der Waals surface area contributed by atoms with Crippen molar-refractivity contribution in [2.45, 2.75) is 0 Å². The largest absolute Gasteiger partial charge is 0.316 e. The summed E-state index contributed by atoms with van der Waals surface area (Å²) in [5.74, 6) is -0.218. The SMILES string of the molecule is C=C(CNC)c1cccc(F)c1. The molecular weight excluding hydrogens is 153 g/mol. The molecule has 1 nitrogen and oxygen atoms in total. The molecule has 0 radical (unpaired) electrons. The fraction of sp³-hybridized carbons (Fsp3) is 0.200. The van der Waals surface area contributed by atoms with Crippen LogP contribution in [0.15, 0.2) is 30.8 Å². The Morgan fingerprint density at radius 1 is 1.58 bits per heavy atom. The second-order valence-electron chi connectivity index (χ2n) is 2.64. The molecule has 64 valence electrons. The van der Waals surface area contributed by atoms with Gasteiger partial charge in [0.1, 0.15) is 5.82 Å². The predicted octanol–water partition coefficient (Wildman–Crippen LogP) is 2.06. The van der Waals surface area contributed by atoms with Gasteiger partial charge in [-0.15, -0.1) is 0 Å². The zero-order valence-corrected chi connectivity index (χ0v) is 7.10. The summed E-state index contributed by atoms with van der Waals surface area (Å²) in [7, 11) is 1.84. The number of benzene rings is 1. The van der Waals surface area contributed by atoms with Crippen molar-refractivity contribution >= 4 is 5.57 Å². The van der Waals surface area contributed by atoms with Gasteiger partial charge in [0.25, 0.3) is 0 Å². The summed E-state index contributed by atoms with van der Waals surface area (Å²) in [5, 5.41) is 2.96. The average Bonchev–Trinajstić information content (AvgIpc) is 2.05. The molecule has 0 aliphatic heterocycles. The molecule has 0 aliphatic rings. The molecule has 0 unspecified atom stereocenters. The van der Waals surface area contributed by atoms with Crippen LogP contribution in [0.5, 0.6) is 0 Å². The molecule has 0 saturated carbocycles. The molecule has 2 heteroatoms. The summed E-state index contributed by atoms with van der Waals surface area (Å²) < 4.78 is 12.7. The first-order chi connectivity index (χ1) is 5.74. The summed E-state index contributed by atoms with van der Waals surface area (Å²) in [6.07, 6.45) is 0. The molecule has 0 aliphatic carbocycles. The molecule has 1 N–H and O–H groups in total. The number of rotatable bonds is 3. The highest BCUT2D eigenvalue weighted by Gasteiger charge is 1.97. The summed E-state index contributed by atoms with van der Waals surface area (Å²) in [6, 6.07) is 6.45. The highest BCUT2D eigenvalue weighted by Crippen LogP contribution is 2.12.